The smallest absolute Gasteiger partial charge is 0.292 e. The van der Waals surface area contributed by atoms with Gasteiger partial charge in [0.05, 0.1) is 23.8 Å². The molecule has 0 spiro atoms. The molecule has 28 heavy (non-hydrogen) atoms. The van der Waals surface area contributed by atoms with Crippen LogP contribution in [0.2, 0.25) is 0 Å². The molecule has 0 bridgehead atoms. The van der Waals surface area contributed by atoms with Gasteiger partial charge in [-0.05, 0) is 25.1 Å². The van der Waals surface area contributed by atoms with E-state index in [0.29, 0.717) is 43.3 Å². The van der Waals surface area contributed by atoms with E-state index < -0.39 is 0 Å². The number of nitro groups is 1. The first kappa shape index (κ1) is 19.6. The minimum absolute atomic E-state index is 0.108. The molecule has 0 aliphatic carbocycles. The quantitative estimate of drug-likeness (QED) is 0.609. The van der Waals surface area contributed by atoms with Crippen LogP contribution in [0.4, 0.5) is 17.1 Å². The fourth-order valence-corrected chi connectivity index (χ4v) is 3.39. The molecule has 3 rings (SSSR count). The van der Waals surface area contributed by atoms with Crippen molar-refractivity contribution in [2.24, 2.45) is 0 Å². The van der Waals surface area contributed by atoms with Gasteiger partial charge < -0.3 is 15.0 Å². The van der Waals surface area contributed by atoms with Crippen molar-refractivity contribution in [1.82, 2.24) is 4.90 Å². The van der Waals surface area contributed by atoms with Crippen molar-refractivity contribution >= 4 is 23.0 Å². The standard InChI is InChI=1S/C20H24N4O4/c1-15(20(25)21-16-7-3-6-10-19(16)28-2)22-11-13-23(14-12-22)17-8-4-5-9-18(17)24(26)27/h3-10,15H,11-14H2,1-2H3,(H,21,25). The average Bonchev–Trinajstić information content (AvgIpc) is 2.73. The topological polar surface area (TPSA) is 88.0 Å². The lowest BCUT2D eigenvalue weighted by molar-refractivity contribution is -0.384. The highest BCUT2D eigenvalue weighted by molar-refractivity contribution is 5.95. The summed E-state index contributed by atoms with van der Waals surface area (Å²) in [5.74, 6) is 0.507. The van der Waals surface area contributed by atoms with Gasteiger partial charge in [-0.1, -0.05) is 24.3 Å². The number of anilines is 2. The highest BCUT2D eigenvalue weighted by Crippen LogP contribution is 2.29. The predicted octanol–water partition coefficient (Wildman–Crippen LogP) is 2.75. The van der Waals surface area contributed by atoms with Gasteiger partial charge >= 0.3 is 0 Å². The fraction of sp³-hybridized carbons (Fsp3) is 0.350. The number of carbonyl (C=O) groups is 1. The number of carbonyl (C=O) groups excluding carboxylic acids is 1. The van der Waals surface area contributed by atoms with Crippen LogP contribution in [-0.4, -0.2) is 55.1 Å². The molecule has 1 amide bonds. The molecule has 8 nitrogen and oxygen atoms in total. The molecule has 0 aromatic heterocycles. The van der Waals surface area contributed by atoms with E-state index in [-0.39, 0.29) is 22.6 Å². The molecule has 1 heterocycles. The summed E-state index contributed by atoms with van der Waals surface area (Å²) in [5, 5.41) is 14.2. The summed E-state index contributed by atoms with van der Waals surface area (Å²) in [6.07, 6.45) is 0. The van der Waals surface area contributed by atoms with Crippen LogP contribution in [0.15, 0.2) is 48.5 Å². The lowest BCUT2D eigenvalue weighted by Crippen LogP contribution is -2.53. The van der Waals surface area contributed by atoms with E-state index in [0.717, 1.165) is 0 Å². The van der Waals surface area contributed by atoms with Crippen molar-refractivity contribution in [2.45, 2.75) is 13.0 Å². The van der Waals surface area contributed by atoms with Gasteiger partial charge in [-0.3, -0.25) is 19.8 Å². The van der Waals surface area contributed by atoms with E-state index in [1.54, 1.807) is 37.4 Å². The Kier molecular flexibility index (Phi) is 6.10. The van der Waals surface area contributed by atoms with E-state index in [1.165, 1.54) is 6.07 Å². The Morgan fingerprint density at radius 3 is 2.43 bits per heavy atom. The van der Waals surface area contributed by atoms with Crippen LogP contribution in [0.1, 0.15) is 6.92 Å². The molecule has 1 N–H and O–H groups in total. The molecule has 2 aromatic rings. The number of amides is 1. The first-order valence-electron chi connectivity index (χ1n) is 9.17. The molecule has 1 aliphatic rings. The molecule has 2 aromatic carbocycles. The fourth-order valence-electron chi connectivity index (χ4n) is 3.39. The Morgan fingerprint density at radius 2 is 1.75 bits per heavy atom. The van der Waals surface area contributed by atoms with E-state index in [9.17, 15) is 14.9 Å². The minimum Gasteiger partial charge on any atom is -0.495 e. The summed E-state index contributed by atoms with van der Waals surface area (Å²) in [5.41, 5.74) is 1.37. The van der Waals surface area contributed by atoms with Crippen molar-refractivity contribution in [3.63, 3.8) is 0 Å². The number of para-hydroxylation sites is 4. The third-order valence-electron chi connectivity index (χ3n) is 5.03. The third-order valence-corrected chi connectivity index (χ3v) is 5.03. The molecule has 148 valence electrons. The monoisotopic (exact) mass is 384 g/mol. The maximum Gasteiger partial charge on any atom is 0.292 e. The van der Waals surface area contributed by atoms with Crippen LogP contribution in [0.5, 0.6) is 5.75 Å². The van der Waals surface area contributed by atoms with Crippen molar-refractivity contribution in [3.05, 3.63) is 58.6 Å². The number of piperazine rings is 1. The number of nitrogens with zero attached hydrogens (tertiary/aromatic N) is 3. The first-order valence-corrected chi connectivity index (χ1v) is 9.17. The molecule has 0 radical (unpaired) electrons. The molecular weight excluding hydrogens is 360 g/mol. The summed E-state index contributed by atoms with van der Waals surface area (Å²) in [7, 11) is 1.57. The van der Waals surface area contributed by atoms with Crippen LogP contribution < -0.4 is 15.0 Å². The lowest BCUT2D eigenvalue weighted by Gasteiger charge is -2.38. The zero-order valence-corrected chi connectivity index (χ0v) is 16.0. The van der Waals surface area contributed by atoms with Crippen molar-refractivity contribution < 1.29 is 14.5 Å². The van der Waals surface area contributed by atoms with Gasteiger partial charge in [0.1, 0.15) is 11.4 Å². The second kappa shape index (κ2) is 8.71. The molecule has 1 unspecified atom stereocenters. The lowest BCUT2D eigenvalue weighted by atomic mass is 10.1. The van der Waals surface area contributed by atoms with Gasteiger partial charge in [0.25, 0.3) is 5.69 Å². The van der Waals surface area contributed by atoms with Gasteiger partial charge in [-0.25, -0.2) is 0 Å². The number of benzene rings is 2. The van der Waals surface area contributed by atoms with E-state index in [2.05, 4.69) is 10.2 Å². The summed E-state index contributed by atoms with van der Waals surface area (Å²) in [6.45, 7) is 4.40. The Bertz CT molecular complexity index is 850. The maximum atomic E-state index is 12.7. The largest absolute Gasteiger partial charge is 0.495 e. The summed E-state index contributed by atoms with van der Waals surface area (Å²) >= 11 is 0. The number of rotatable bonds is 6. The van der Waals surface area contributed by atoms with Crippen molar-refractivity contribution in [2.75, 3.05) is 43.5 Å². The number of nitrogens with one attached hydrogen (secondary N) is 1. The molecule has 1 atom stereocenters. The van der Waals surface area contributed by atoms with Crippen LogP contribution in [0, 0.1) is 10.1 Å². The molecule has 0 saturated carbocycles. The van der Waals surface area contributed by atoms with E-state index in [1.807, 2.05) is 24.0 Å². The zero-order chi connectivity index (χ0) is 20.1. The number of nitro benzene ring substituents is 1. The van der Waals surface area contributed by atoms with Crippen molar-refractivity contribution in [1.29, 1.82) is 0 Å². The van der Waals surface area contributed by atoms with Crippen LogP contribution in [0.25, 0.3) is 0 Å². The SMILES string of the molecule is COc1ccccc1NC(=O)C(C)N1CCN(c2ccccc2[N+](=O)[O-])CC1. The molecular formula is C20H24N4O4. The molecule has 1 saturated heterocycles. The third kappa shape index (κ3) is 4.23. The number of ether oxygens (including phenoxy) is 1. The van der Waals surface area contributed by atoms with Crippen LogP contribution in [-0.2, 0) is 4.79 Å². The van der Waals surface area contributed by atoms with Gasteiger partial charge in [0.2, 0.25) is 5.91 Å². The Labute approximate surface area is 163 Å². The van der Waals surface area contributed by atoms with Crippen LogP contribution >= 0.6 is 0 Å². The van der Waals surface area contributed by atoms with Gasteiger partial charge in [-0.15, -0.1) is 0 Å². The van der Waals surface area contributed by atoms with Crippen LogP contribution in [0.3, 0.4) is 0 Å². The van der Waals surface area contributed by atoms with E-state index in [4.69, 9.17) is 4.74 Å². The second-order valence-corrected chi connectivity index (χ2v) is 6.63. The Morgan fingerprint density at radius 1 is 1.11 bits per heavy atom. The highest BCUT2D eigenvalue weighted by atomic mass is 16.6. The Balaban J connectivity index is 1.61. The maximum absolute atomic E-state index is 12.7. The zero-order valence-electron chi connectivity index (χ0n) is 16.0. The summed E-state index contributed by atoms with van der Waals surface area (Å²) in [4.78, 5) is 27.6. The predicted molar refractivity (Wildman–Crippen MR) is 108 cm³/mol. The number of hydrogen-bond acceptors (Lipinski definition) is 6. The minimum atomic E-state index is -0.356. The summed E-state index contributed by atoms with van der Waals surface area (Å²) < 4.78 is 5.27. The number of methoxy groups -OCH3 is 1. The molecule has 1 fully saturated rings. The first-order chi connectivity index (χ1) is 13.5. The van der Waals surface area contributed by atoms with Gasteiger partial charge in [0.15, 0.2) is 0 Å². The Hall–Kier alpha value is -3.13. The average molecular weight is 384 g/mol. The van der Waals surface area contributed by atoms with E-state index >= 15 is 0 Å². The number of hydrogen-bond donors (Lipinski definition) is 1. The normalized spacial score (nSPS) is 15.7. The second-order valence-electron chi connectivity index (χ2n) is 6.63. The molecule has 1 aliphatic heterocycles. The van der Waals surface area contributed by atoms with Gasteiger partial charge in [-0.2, -0.15) is 0 Å². The highest BCUT2D eigenvalue weighted by Gasteiger charge is 2.28. The van der Waals surface area contributed by atoms with Gasteiger partial charge in [0, 0.05) is 32.2 Å². The van der Waals surface area contributed by atoms with Crippen molar-refractivity contribution in [3.8, 4) is 5.75 Å². The molecule has 8 heteroatoms. The summed E-state index contributed by atoms with van der Waals surface area (Å²) in [6, 6.07) is 13.7.